The molecule has 156 valence electrons. The highest BCUT2D eigenvalue weighted by molar-refractivity contribution is 5.71. The van der Waals surface area contributed by atoms with Crippen molar-refractivity contribution in [3.8, 4) is 0 Å². The van der Waals surface area contributed by atoms with Crippen LogP contribution >= 0.6 is 0 Å². The van der Waals surface area contributed by atoms with E-state index in [4.69, 9.17) is 10.1 Å². The summed E-state index contributed by atoms with van der Waals surface area (Å²) in [5.74, 6) is 3.32. The van der Waals surface area contributed by atoms with Gasteiger partial charge < -0.3 is 20.2 Å². The van der Waals surface area contributed by atoms with E-state index >= 15 is 0 Å². The van der Waals surface area contributed by atoms with Crippen molar-refractivity contribution < 1.29 is 9.84 Å². The number of nitrogens with one attached hydrogen (secondary N) is 1. The van der Waals surface area contributed by atoms with Gasteiger partial charge in [-0.3, -0.25) is 4.90 Å². The lowest BCUT2D eigenvalue weighted by Crippen LogP contribution is -2.48. The summed E-state index contributed by atoms with van der Waals surface area (Å²) >= 11 is 0. The molecule has 0 amide bonds. The Morgan fingerprint density at radius 2 is 1.75 bits per heavy atom. The molecule has 0 aromatic heterocycles. The van der Waals surface area contributed by atoms with Crippen molar-refractivity contribution in [2.24, 2.45) is 29.1 Å². The third-order valence-corrected chi connectivity index (χ3v) is 8.22. The number of ether oxygens (including phenoxy) is 1. The molecule has 5 heteroatoms. The normalized spacial score (nSPS) is 40.5. The van der Waals surface area contributed by atoms with E-state index in [1.54, 1.807) is 0 Å². The summed E-state index contributed by atoms with van der Waals surface area (Å²) in [5, 5.41) is 17.7. The van der Waals surface area contributed by atoms with Crippen molar-refractivity contribution >= 4 is 6.21 Å². The minimum absolute atomic E-state index is 0.291. The van der Waals surface area contributed by atoms with Crippen LogP contribution < -0.4 is 0 Å². The van der Waals surface area contributed by atoms with Crippen LogP contribution in [0.1, 0.15) is 44.9 Å². The summed E-state index contributed by atoms with van der Waals surface area (Å²) < 4.78 is 5.95. The maximum absolute atomic E-state index is 10.4. The van der Waals surface area contributed by atoms with Gasteiger partial charge in [0, 0.05) is 51.2 Å². The maximum Gasteiger partial charge on any atom is 0.0900 e. The Bertz CT molecular complexity index is 576. The molecule has 5 nitrogen and oxygen atoms in total. The summed E-state index contributed by atoms with van der Waals surface area (Å²) in [7, 11) is 0. The van der Waals surface area contributed by atoms with E-state index in [2.05, 4.69) is 15.9 Å². The van der Waals surface area contributed by atoms with Crippen LogP contribution in [0.25, 0.3) is 0 Å². The van der Waals surface area contributed by atoms with Gasteiger partial charge in [-0.1, -0.05) is 6.08 Å². The van der Waals surface area contributed by atoms with Gasteiger partial charge in [-0.05, 0) is 68.1 Å². The fourth-order valence-electron chi connectivity index (χ4n) is 7.23. The monoisotopic (exact) mass is 387 g/mol. The van der Waals surface area contributed by atoms with Gasteiger partial charge in [0.05, 0.1) is 18.6 Å². The standard InChI is InChI=1S/C23H37N3O2/c24-14-20-10-22(20)26-4-2-25(3-5-26)15-21(27)16-28-6-1-23-11-17-7-18(12-23)9-19(8-17)13-23/h10,14,17-21,24,27H,1-9,11-13,15-16H2. The molecule has 1 saturated heterocycles. The molecule has 0 spiro atoms. The second-order valence-electron chi connectivity index (χ2n) is 10.5. The zero-order valence-corrected chi connectivity index (χ0v) is 17.2. The Morgan fingerprint density at radius 1 is 1.11 bits per heavy atom. The molecule has 4 saturated carbocycles. The first-order valence-electron chi connectivity index (χ1n) is 11.6. The maximum atomic E-state index is 10.4. The van der Waals surface area contributed by atoms with Gasteiger partial charge in [-0.2, -0.15) is 0 Å². The van der Waals surface area contributed by atoms with E-state index < -0.39 is 0 Å². The first-order chi connectivity index (χ1) is 13.6. The molecular formula is C23H37N3O2. The predicted molar refractivity (Wildman–Crippen MR) is 110 cm³/mol. The Morgan fingerprint density at radius 3 is 2.32 bits per heavy atom. The third kappa shape index (κ3) is 4.03. The van der Waals surface area contributed by atoms with Crippen LogP contribution in [-0.2, 0) is 4.74 Å². The molecule has 1 heterocycles. The minimum atomic E-state index is -0.377. The number of aliphatic hydroxyl groups excluding tert-OH is 1. The first kappa shape index (κ1) is 19.1. The average Bonchev–Trinajstić information content (AvgIpc) is 3.45. The average molecular weight is 388 g/mol. The van der Waals surface area contributed by atoms with Crippen LogP contribution in [0.5, 0.6) is 0 Å². The highest BCUT2D eigenvalue weighted by Gasteiger charge is 2.50. The van der Waals surface area contributed by atoms with Crippen molar-refractivity contribution in [3.63, 3.8) is 0 Å². The topological polar surface area (TPSA) is 59.8 Å². The van der Waals surface area contributed by atoms with Crippen LogP contribution in [-0.4, -0.2) is 73.2 Å². The van der Waals surface area contributed by atoms with Crippen molar-refractivity contribution in [2.75, 3.05) is 45.9 Å². The Hall–Kier alpha value is -0.910. The summed E-state index contributed by atoms with van der Waals surface area (Å²) in [6.45, 7) is 6.03. The van der Waals surface area contributed by atoms with Crippen LogP contribution in [0.3, 0.4) is 0 Å². The number of aliphatic hydroxyl groups is 1. The molecule has 5 fully saturated rings. The lowest BCUT2D eigenvalue weighted by atomic mass is 9.49. The minimum Gasteiger partial charge on any atom is -0.389 e. The number of β-amino-alcohol motifs (C(OH)–C–C–N with tert-alkyl or cyclic N) is 1. The van der Waals surface area contributed by atoms with E-state index in [1.807, 2.05) is 0 Å². The van der Waals surface area contributed by atoms with Crippen LogP contribution in [0.15, 0.2) is 11.8 Å². The third-order valence-electron chi connectivity index (χ3n) is 8.22. The van der Waals surface area contributed by atoms with Gasteiger partial charge in [0.1, 0.15) is 0 Å². The molecule has 28 heavy (non-hydrogen) atoms. The fourth-order valence-corrected chi connectivity index (χ4v) is 7.23. The smallest absolute Gasteiger partial charge is 0.0900 e. The largest absolute Gasteiger partial charge is 0.389 e. The van der Waals surface area contributed by atoms with Gasteiger partial charge >= 0.3 is 0 Å². The number of piperazine rings is 1. The van der Waals surface area contributed by atoms with Gasteiger partial charge in [-0.25, -0.2) is 0 Å². The molecule has 0 aromatic rings. The van der Waals surface area contributed by atoms with Crippen LogP contribution in [0.2, 0.25) is 0 Å². The summed E-state index contributed by atoms with van der Waals surface area (Å²) in [6, 6.07) is 0. The second-order valence-corrected chi connectivity index (χ2v) is 10.5. The van der Waals surface area contributed by atoms with Crippen LogP contribution in [0.4, 0.5) is 0 Å². The molecular weight excluding hydrogens is 350 g/mol. The quantitative estimate of drug-likeness (QED) is 0.472. The zero-order valence-electron chi connectivity index (χ0n) is 17.2. The highest BCUT2D eigenvalue weighted by Crippen LogP contribution is 2.61. The molecule has 0 aromatic carbocycles. The second kappa shape index (κ2) is 7.73. The number of nitrogens with zero attached hydrogens (tertiary/aromatic N) is 2. The van der Waals surface area contributed by atoms with E-state index in [0.717, 1.165) is 57.1 Å². The molecule has 2 atom stereocenters. The van der Waals surface area contributed by atoms with E-state index in [1.165, 1.54) is 56.9 Å². The lowest BCUT2D eigenvalue weighted by molar-refractivity contribution is -0.0743. The van der Waals surface area contributed by atoms with Crippen molar-refractivity contribution in [1.82, 2.24) is 9.80 Å². The highest BCUT2D eigenvalue weighted by atomic mass is 16.5. The molecule has 0 radical (unpaired) electrons. The van der Waals surface area contributed by atoms with Gasteiger partial charge in [0.25, 0.3) is 0 Å². The van der Waals surface area contributed by atoms with E-state index in [0.29, 0.717) is 17.9 Å². The molecule has 2 N–H and O–H groups in total. The van der Waals surface area contributed by atoms with Crippen molar-refractivity contribution in [2.45, 2.75) is 51.0 Å². The van der Waals surface area contributed by atoms with E-state index in [-0.39, 0.29) is 6.10 Å². The summed E-state index contributed by atoms with van der Waals surface area (Å²) in [4.78, 5) is 4.74. The Balaban J connectivity index is 0.980. The van der Waals surface area contributed by atoms with Crippen LogP contribution in [0, 0.1) is 34.5 Å². The van der Waals surface area contributed by atoms with Gasteiger partial charge in [0.2, 0.25) is 0 Å². The molecule has 1 aliphatic heterocycles. The molecule has 5 aliphatic carbocycles. The number of rotatable bonds is 9. The van der Waals surface area contributed by atoms with Gasteiger partial charge in [-0.15, -0.1) is 0 Å². The number of hydrogen-bond acceptors (Lipinski definition) is 5. The molecule has 6 rings (SSSR count). The Labute approximate surface area is 169 Å². The molecule has 2 unspecified atom stereocenters. The molecule has 6 aliphatic rings. The van der Waals surface area contributed by atoms with Crippen molar-refractivity contribution in [1.29, 1.82) is 5.41 Å². The van der Waals surface area contributed by atoms with Gasteiger partial charge in [0.15, 0.2) is 0 Å². The fraction of sp³-hybridized carbons (Fsp3) is 0.870. The lowest BCUT2D eigenvalue weighted by Gasteiger charge is -2.57. The first-order valence-corrected chi connectivity index (χ1v) is 11.6. The van der Waals surface area contributed by atoms with E-state index in [9.17, 15) is 5.11 Å². The number of hydrogen-bond donors (Lipinski definition) is 2. The SMILES string of the molecule is N=CC1C=C1N1CCN(CC(O)COCCC23CC4CC(CC(C4)C2)C3)CC1. The summed E-state index contributed by atoms with van der Waals surface area (Å²) in [6.07, 6.45) is 13.4. The van der Waals surface area contributed by atoms with Crippen molar-refractivity contribution in [3.05, 3.63) is 11.8 Å². The number of allylic oxidation sites excluding steroid dienone is 2. The molecule has 4 bridgehead atoms. The predicted octanol–water partition coefficient (Wildman–Crippen LogP) is 2.75. The zero-order chi connectivity index (χ0) is 19.1. The Kier molecular flexibility index (Phi) is 5.27. The summed E-state index contributed by atoms with van der Waals surface area (Å²) in [5.41, 5.74) is 1.91.